The van der Waals surface area contributed by atoms with Gasteiger partial charge in [-0.1, -0.05) is 23.8 Å². The van der Waals surface area contributed by atoms with Gasteiger partial charge in [-0.25, -0.2) is 4.68 Å². The highest BCUT2D eigenvalue weighted by Gasteiger charge is 2.32. The molecule has 138 valence electrons. The predicted molar refractivity (Wildman–Crippen MR) is 98.7 cm³/mol. The van der Waals surface area contributed by atoms with Crippen LogP contribution in [0.3, 0.4) is 0 Å². The van der Waals surface area contributed by atoms with Crippen molar-refractivity contribution in [1.82, 2.24) is 25.2 Å². The summed E-state index contributed by atoms with van der Waals surface area (Å²) in [6.07, 6.45) is 6.17. The van der Waals surface area contributed by atoms with Crippen LogP contribution in [0.2, 0.25) is 0 Å². The molecule has 2 atom stereocenters. The zero-order chi connectivity index (χ0) is 17.9. The zero-order valence-corrected chi connectivity index (χ0v) is 14.9. The highest BCUT2D eigenvalue weighted by atomic mass is 16.2. The Bertz CT molecular complexity index is 847. The van der Waals surface area contributed by atoms with E-state index < -0.39 is 0 Å². The fraction of sp³-hybridized carbons (Fsp3) is 0.579. The summed E-state index contributed by atoms with van der Waals surface area (Å²) in [4.78, 5) is 27.4. The molecule has 2 aromatic rings. The van der Waals surface area contributed by atoms with Gasteiger partial charge < -0.3 is 10.2 Å². The van der Waals surface area contributed by atoms with Crippen LogP contribution >= 0.6 is 0 Å². The van der Waals surface area contributed by atoms with Gasteiger partial charge in [-0.05, 0) is 56.8 Å². The molecular weight excluding hydrogens is 330 g/mol. The first kappa shape index (κ1) is 17.1. The number of aromatic nitrogens is 3. The molecule has 2 fully saturated rings. The van der Waals surface area contributed by atoms with Gasteiger partial charge in [0.05, 0.1) is 5.39 Å². The summed E-state index contributed by atoms with van der Waals surface area (Å²) >= 11 is 0. The molecule has 0 spiro atoms. The minimum atomic E-state index is -0.276. The number of fused-ring (bicyclic) bond motifs is 2. The normalized spacial score (nSPS) is 23.5. The highest BCUT2D eigenvalue weighted by molar-refractivity contribution is 5.78. The maximum Gasteiger partial charge on any atom is 0.278 e. The van der Waals surface area contributed by atoms with E-state index in [0.717, 1.165) is 11.1 Å². The van der Waals surface area contributed by atoms with Crippen LogP contribution < -0.4 is 10.9 Å². The molecule has 7 nitrogen and oxygen atoms in total. The van der Waals surface area contributed by atoms with Gasteiger partial charge in [0.1, 0.15) is 12.1 Å². The number of rotatable bonds is 4. The standard InChI is InChI=1S/C19H25N5O2/c25-18(13-24-19(26)15-7-1-2-8-16(15)21-22-24)20-12-14-6-5-11-23-10-4-3-9-17(14)23/h1-2,7-8,14,17H,3-6,9-13H2,(H,20,25)/t14-,17+/m0/s1. The lowest BCUT2D eigenvalue weighted by molar-refractivity contribution is -0.122. The molecule has 7 heteroatoms. The van der Waals surface area contributed by atoms with E-state index >= 15 is 0 Å². The van der Waals surface area contributed by atoms with Gasteiger partial charge in [-0.15, -0.1) is 5.10 Å². The quantitative estimate of drug-likeness (QED) is 0.891. The van der Waals surface area contributed by atoms with Crippen LogP contribution in [0, 0.1) is 5.92 Å². The van der Waals surface area contributed by atoms with Crippen molar-refractivity contribution in [2.45, 2.75) is 44.7 Å². The molecular formula is C19H25N5O2. The topological polar surface area (TPSA) is 80.1 Å². The van der Waals surface area contributed by atoms with Crippen molar-refractivity contribution in [2.24, 2.45) is 5.92 Å². The third-order valence-electron chi connectivity index (χ3n) is 5.71. The first-order chi connectivity index (χ1) is 12.7. The Morgan fingerprint density at radius 1 is 1.15 bits per heavy atom. The highest BCUT2D eigenvalue weighted by Crippen LogP contribution is 2.30. The molecule has 1 aromatic carbocycles. The van der Waals surface area contributed by atoms with Crippen LogP contribution in [-0.4, -0.2) is 51.5 Å². The molecule has 4 rings (SSSR count). The Morgan fingerprint density at radius 3 is 2.92 bits per heavy atom. The molecule has 1 amide bonds. The average Bonchev–Trinajstić information content (AvgIpc) is 2.69. The molecule has 0 bridgehead atoms. The van der Waals surface area contributed by atoms with Crippen LogP contribution in [0.25, 0.3) is 10.9 Å². The molecule has 0 saturated carbocycles. The van der Waals surface area contributed by atoms with E-state index in [4.69, 9.17) is 0 Å². The van der Waals surface area contributed by atoms with Crippen LogP contribution in [0.1, 0.15) is 32.1 Å². The molecule has 26 heavy (non-hydrogen) atoms. The summed E-state index contributed by atoms with van der Waals surface area (Å²) in [5.74, 6) is 0.331. The Hall–Kier alpha value is -2.28. The van der Waals surface area contributed by atoms with Crippen LogP contribution in [0.5, 0.6) is 0 Å². The Labute approximate surface area is 152 Å². The maximum atomic E-state index is 12.4. The first-order valence-electron chi connectivity index (χ1n) is 9.55. The summed E-state index contributed by atoms with van der Waals surface area (Å²) in [6, 6.07) is 7.65. The van der Waals surface area contributed by atoms with Crippen molar-refractivity contribution in [3.05, 3.63) is 34.6 Å². The molecule has 0 unspecified atom stereocenters. The number of carbonyl (C=O) groups excluding carboxylic acids is 1. The van der Waals surface area contributed by atoms with E-state index in [9.17, 15) is 9.59 Å². The Balaban J connectivity index is 1.38. The molecule has 2 aliphatic heterocycles. The SMILES string of the molecule is O=C(Cn1nnc2ccccc2c1=O)NC[C@@H]1CCCN2CCCC[C@H]12. The summed E-state index contributed by atoms with van der Waals surface area (Å²) in [6.45, 7) is 2.97. The number of carbonyl (C=O) groups is 1. The fourth-order valence-corrected chi connectivity index (χ4v) is 4.38. The molecule has 1 aromatic heterocycles. The molecule has 0 aliphatic carbocycles. The smallest absolute Gasteiger partial charge is 0.278 e. The van der Waals surface area contributed by atoms with Gasteiger partial charge in [0.15, 0.2) is 0 Å². The lowest BCUT2D eigenvalue weighted by Gasteiger charge is -2.44. The van der Waals surface area contributed by atoms with Gasteiger partial charge in [0.25, 0.3) is 5.56 Å². The number of amides is 1. The third-order valence-corrected chi connectivity index (χ3v) is 5.71. The maximum absolute atomic E-state index is 12.4. The monoisotopic (exact) mass is 355 g/mol. The van der Waals surface area contributed by atoms with Gasteiger partial charge in [0, 0.05) is 12.6 Å². The molecule has 2 aliphatic rings. The van der Waals surface area contributed by atoms with Gasteiger partial charge in [0.2, 0.25) is 5.91 Å². The van der Waals surface area contributed by atoms with Crippen LogP contribution in [0.4, 0.5) is 0 Å². The number of benzene rings is 1. The molecule has 1 N–H and O–H groups in total. The van der Waals surface area contributed by atoms with Crippen molar-refractivity contribution < 1.29 is 4.79 Å². The first-order valence-corrected chi connectivity index (χ1v) is 9.55. The van der Waals surface area contributed by atoms with E-state index in [1.54, 1.807) is 18.2 Å². The van der Waals surface area contributed by atoms with Crippen molar-refractivity contribution in [3.63, 3.8) is 0 Å². The Morgan fingerprint density at radius 2 is 2.00 bits per heavy atom. The largest absolute Gasteiger partial charge is 0.354 e. The lowest BCUT2D eigenvalue weighted by Crippen LogP contribution is -2.51. The second-order valence-corrected chi connectivity index (χ2v) is 7.37. The summed E-state index contributed by atoms with van der Waals surface area (Å²) in [5, 5.41) is 11.4. The number of hydrogen-bond donors (Lipinski definition) is 1. The van der Waals surface area contributed by atoms with Gasteiger partial charge >= 0.3 is 0 Å². The predicted octanol–water partition coefficient (Wildman–Crippen LogP) is 1.17. The van der Waals surface area contributed by atoms with Gasteiger partial charge in [-0.3, -0.25) is 9.59 Å². The zero-order valence-electron chi connectivity index (χ0n) is 14.9. The average molecular weight is 355 g/mol. The molecule has 0 radical (unpaired) electrons. The summed E-state index contributed by atoms with van der Waals surface area (Å²) < 4.78 is 1.14. The number of hydrogen-bond acceptors (Lipinski definition) is 5. The number of piperidine rings is 2. The van der Waals surface area contributed by atoms with Crippen molar-refractivity contribution in [1.29, 1.82) is 0 Å². The van der Waals surface area contributed by atoms with E-state index in [1.165, 1.54) is 38.8 Å². The minimum Gasteiger partial charge on any atom is -0.354 e. The van der Waals surface area contributed by atoms with E-state index in [2.05, 4.69) is 20.5 Å². The van der Waals surface area contributed by atoms with Crippen molar-refractivity contribution in [2.75, 3.05) is 19.6 Å². The van der Waals surface area contributed by atoms with Crippen LogP contribution in [0.15, 0.2) is 29.1 Å². The lowest BCUT2D eigenvalue weighted by atomic mass is 9.83. The van der Waals surface area contributed by atoms with Crippen molar-refractivity contribution in [3.8, 4) is 0 Å². The van der Waals surface area contributed by atoms with E-state index in [1.807, 2.05) is 6.07 Å². The summed E-state index contributed by atoms with van der Waals surface area (Å²) in [5.41, 5.74) is 0.274. The van der Waals surface area contributed by atoms with E-state index in [-0.39, 0.29) is 18.0 Å². The molecule has 3 heterocycles. The minimum absolute atomic E-state index is 0.0855. The fourth-order valence-electron chi connectivity index (χ4n) is 4.38. The second kappa shape index (κ2) is 7.53. The van der Waals surface area contributed by atoms with Crippen molar-refractivity contribution >= 4 is 16.8 Å². The van der Waals surface area contributed by atoms with Crippen LogP contribution in [-0.2, 0) is 11.3 Å². The second-order valence-electron chi connectivity index (χ2n) is 7.37. The number of nitrogens with one attached hydrogen (secondary N) is 1. The van der Waals surface area contributed by atoms with E-state index in [0.29, 0.717) is 29.4 Å². The summed E-state index contributed by atoms with van der Waals surface area (Å²) in [7, 11) is 0. The number of nitrogens with zero attached hydrogens (tertiary/aromatic N) is 4. The Kier molecular flexibility index (Phi) is 4.97. The molecule has 2 saturated heterocycles. The third kappa shape index (κ3) is 3.49. The van der Waals surface area contributed by atoms with Gasteiger partial charge in [-0.2, -0.15) is 0 Å².